The Kier molecular flexibility index (Phi) is 9.31. The third-order valence-electron chi connectivity index (χ3n) is 5.84. The molecule has 0 saturated carbocycles. The number of benzene rings is 2. The molecule has 0 aromatic heterocycles. The van der Waals surface area contributed by atoms with Gasteiger partial charge in [-0.2, -0.15) is 0 Å². The second-order valence-electron chi connectivity index (χ2n) is 11.0. The molecule has 186 valence electrons. The first-order valence-electron chi connectivity index (χ1n) is 12.2. The second kappa shape index (κ2) is 11.5. The Morgan fingerprint density at radius 1 is 0.912 bits per heavy atom. The zero-order chi connectivity index (χ0) is 25.5. The molecule has 0 aliphatic heterocycles. The summed E-state index contributed by atoms with van der Waals surface area (Å²) in [5, 5.41) is 3.05. The first-order chi connectivity index (χ1) is 15.8. The van der Waals surface area contributed by atoms with E-state index in [2.05, 4.69) is 50.4 Å². The number of methoxy groups -OCH3 is 1. The van der Waals surface area contributed by atoms with Crippen LogP contribution in [0.3, 0.4) is 0 Å². The van der Waals surface area contributed by atoms with Crippen molar-refractivity contribution >= 4 is 11.8 Å². The highest BCUT2D eigenvalue weighted by Crippen LogP contribution is 2.23. The lowest BCUT2D eigenvalue weighted by Crippen LogP contribution is -2.53. The molecule has 0 aliphatic rings. The van der Waals surface area contributed by atoms with Crippen LogP contribution < -0.4 is 10.1 Å². The predicted molar refractivity (Wildman–Crippen MR) is 139 cm³/mol. The maximum Gasteiger partial charge on any atom is 0.243 e. The van der Waals surface area contributed by atoms with E-state index in [1.165, 1.54) is 5.56 Å². The van der Waals surface area contributed by atoms with Crippen LogP contribution in [0.2, 0.25) is 0 Å². The molecule has 0 aliphatic carbocycles. The molecule has 0 heterocycles. The molecule has 5 nitrogen and oxygen atoms in total. The first kappa shape index (κ1) is 27.4. The topological polar surface area (TPSA) is 58.6 Å². The van der Waals surface area contributed by atoms with Gasteiger partial charge in [0.25, 0.3) is 0 Å². The number of hydrogen-bond donors (Lipinski definition) is 1. The molecule has 0 saturated heterocycles. The third kappa shape index (κ3) is 8.19. The highest BCUT2D eigenvalue weighted by atomic mass is 16.5. The van der Waals surface area contributed by atoms with Crippen LogP contribution in [-0.2, 0) is 28.0 Å². The number of rotatable bonds is 9. The minimum absolute atomic E-state index is 0.0216. The molecule has 2 aromatic carbocycles. The largest absolute Gasteiger partial charge is 0.497 e. The molecule has 1 atom stereocenters. The predicted octanol–water partition coefficient (Wildman–Crippen LogP) is 5.65. The Morgan fingerprint density at radius 2 is 1.47 bits per heavy atom. The van der Waals surface area contributed by atoms with Gasteiger partial charge >= 0.3 is 0 Å². The van der Waals surface area contributed by atoms with Gasteiger partial charge in [-0.25, -0.2) is 0 Å². The molecule has 34 heavy (non-hydrogen) atoms. The van der Waals surface area contributed by atoms with E-state index >= 15 is 0 Å². The lowest BCUT2D eigenvalue weighted by Gasteiger charge is -2.33. The van der Waals surface area contributed by atoms with Crippen LogP contribution in [0, 0.1) is 0 Å². The maximum absolute atomic E-state index is 13.5. The molecule has 0 spiro atoms. The Morgan fingerprint density at radius 3 is 1.94 bits per heavy atom. The fourth-order valence-electron chi connectivity index (χ4n) is 3.87. The highest BCUT2D eigenvalue weighted by molar-refractivity contribution is 5.88. The van der Waals surface area contributed by atoms with Crippen LogP contribution in [0.15, 0.2) is 48.5 Å². The average molecular weight is 467 g/mol. The summed E-state index contributed by atoms with van der Waals surface area (Å²) >= 11 is 0. The standard InChI is InChI=1S/C29H42N2O3/c1-9-25(27(33)30-29(5,6)7)31(20-22-12-17-24(34-8)18-13-22)26(32)19-14-21-10-15-23(16-11-21)28(2,3)4/h10-13,15-18,25H,9,14,19-20H2,1-8H3,(H,30,33)/t25-/m0/s1. The van der Waals surface area contributed by atoms with E-state index in [4.69, 9.17) is 4.74 Å². The van der Waals surface area contributed by atoms with Crippen molar-refractivity contribution in [3.05, 3.63) is 65.2 Å². The van der Waals surface area contributed by atoms with Gasteiger partial charge in [0, 0.05) is 18.5 Å². The van der Waals surface area contributed by atoms with E-state index in [1.54, 1.807) is 12.0 Å². The van der Waals surface area contributed by atoms with Gasteiger partial charge in [-0.15, -0.1) is 0 Å². The Bertz CT molecular complexity index is 935. The SMILES string of the molecule is CC[C@@H](C(=O)NC(C)(C)C)N(Cc1ccc(OC)cc1)C(=O)CCc1ccc(C(C)(C)C)cc1. The van der Waals surface area contributed by atoms with Gasteiger partial charge in [0.2, 0.25) is 11.8 Å². The van der Waals surface area contributed by atoms with Gasteiger partial charge in [-0.05, 0) is 67.9 Å². The zero-order valence-electron chi connectivity index (χ0n) is 22.2. The van der Waals surface area contributed by atoms with Crippen molar-refractivity contribution in [2.24, 2.45) is 0 Å². The number of amides is 2. The first-order valence-corrected chi connectivity index (χ1v) is 12.2. The molecule has 0 radical (unpaired) electrons. The number of ether oxygens (including phenoxy) is 1. The zero-order valence-corrected chi connectivity index (χ0v) is 22.2. The number of hydrogen-bond acceptors (Lipinski definition) is 3. The van der Waals surface area contributed by atoms with Gasteiger partial charge in [0.05, 0.1) is 7.11 Å². The fraction of sp³-hybridized carbons (Fsp3) is 0.517. The summed E-state index contributed by atoms with van der Waals surface area (Å²) in [7, 11) is 1.63. The lowest BCUT2D eigenvalue weighted by molar-refractivity contribution is -0.142. The molecule has 2 rings (SSSR count). The van der Waals surface area contributed by atoms with Gasteiger partial charge in [0.15, 0.2) is 0 Å². The average Bonchev–Trinajstić information content (AvgIpc) is 2.76. The van der Waals surface area contributed by atoms with E-state index < -0.39 is 6.04 Å². The van der Waals surface area contributed by atoms with Crippen molar-refractivity contribution in [2.45, 2.75) is 91.3 Å². The monoisotopic (exact) mass is 466 g/mol. The van der Waals surface area contributed by atoms with Gasteiger partial charge in [0.1, 0.15) is 11.8 Å². The Balaban J connectivity index is 2.22. The van der Waals surface area contributed by atoms with Crippen LogP contribution in [0.25, 0.3) is 0 Å². The second-order valence-corrected chi connectivity index (χ2v) is 11.0. The molecular weight excluding hydrogens is 424 g/mol. The van der Waals surface area contributed by atoms with Gasteiger partial charge in [-0.3, -0.25) is 9.59 Å². The lowest BCUT2D eigenvalue weighted by atomic mass is 9.86. The van der Waals surface area contributed by atoms with Crippen LogP contribution in [0.4, 0.5) is 0 Å². The van der Waals surface area contributed by atoms with Gasteiger partial charge in [-0.1, -0.05) is 64.1 Å². The number of aryl methyl sites for hydroxylation is 1. The molecular formula is C29H42N2O3. The highest BCUT2D eigenvalue weighted by Gasteiger charge is 2.30. The van der Waals surface area contributed by atoms with E-state index in [1.807, 2.05) is 52.0 Å². The van der Waals surface area contributed by atoms with E-state index in [0.717, 1.165) is 16.9 Å². The van der Waals surface area contributed by atoms with E-state index in [-0.39, 0.29) is 22.8 Å². The van der Waals surface area contributed by atoms with Crippen LogP contribution in [0.5, 0.6) is 5.75 Å². The molecule has 2 aromatic rings. The Hall–Kier alpha value is -2.82. The summed E-state index contributed by atoms with van der Waals surface area (Å²) in [6, 6.07) is 15.6. The number of nitrogens with one attached hydrogen (secondary N) is 1. The number of nitrogens with zero attached hydrogens (tertiary/aromatic N) is 1. The van der Waals surface area contributed by atoms with Crippen molar-refractivity contribution in [1.82, 2.24) is 10.2 Å². The van der Waals surface area contributed by atoms with E-state index in [0.29, 0.717) is 25.8 Å². The summed E-state index contributed by atoms with van der Waals surface area (Å²) in [5.41, 5.74) is 3.09. The Labute approximate surface area is 205 Å². The summed E-state index contributed by atoms with van der Waals surface area (Å²) in [4.78, 5) is 28.3. The molecule has 1 N–H and O–H groups in total. The smallest absolute Gasteiger partial charge is 0.243 e. The van der Waals surface area contributed by atoms with Crippen molar-refractivity contribution in [1.29, 1.82) is 0 Å². The van der Waals surface area contributed by atoms with Crippen LogP contribution >= 0.6 is 0 Å². The van der Waals surface area contributed by atoms with Crippen LogP contribution in [0.1, 0.15) is 78.0 Å². The summed E-state index contributed by atoms with van der Waals surface area (Å²) in [6.07, 6.45) is 1.54. The van der Waals surface area contributed by atoms with Crippen molar-refractivity contribution < 1.29 is 14.3 Å². The quantitative estimate of drug-likeness (QED) is 0.520. The minimum atomic E-state index is -0.530. The van der Waals surface area contributed by atoms with Gasteiger partial charge < -0.3 is 15.0 Å². The maximum atomic E-state index is 13.5. The molecule has 0 unspecified atom stereocenters. The number of carbonyl (C=O) groups is 2. The number of carbonyl (C=O) groups excluding carboxylic acids is 2. The third-order valence-corrected chi connectivity index (χ3v) is 5.84. The normalized spacial score (nSPS) is 12.7. The van der Waals surface area contributed by atoms with Crippen LogP contribution in [-0.4, -0.2) is 35.4 Å². The van der Waals surface area contributed by atoms with Crippen molar-refractivity contribution in [3.63, 3.8) is 0 Å². The van der Waals surface area contributed by atoms with Crippen molar-refractivity contribution in [3.8, 4) is 5.75 Å². The van der Waals surface area contributed by atoms with Crippen molar-refractivity contribution in [2.75, 3.05) is 7.11 Å². The molecule has 0 fully saturated rings. The molecule has 2 amide bonds. The molecule has 5 heteroatoms. The van der Waals surface area contributed by atoms with E-state index in [9.17, 15) is 9.59 Å². The summed E-state index contributed by atoms with van der Waals surface area (Å²) in [5.74, 6) is 0.621. The summed E-state index contributed by atoms with van der Waals surface area (Å²) < 4.78 is 5.26. The fourth-order valence-corrected chi connectivity index (χ4v) is 3.87. The minimum Gasteiger partial charge on any atom is -0.497 e. The summed E-state index contributed by atoms with van der Waals surface area (Å²) in [6.45, 7) is 14.8. The molecule has 0 bridgehead atoms.